The minimum absolute atomic E-state index is 0.0474. The van der Waals surface area contributed by atoms with Gasteiger partial charge in [-0.15, -0.1) is 0 Å². The van der Waals surface area contributed by atoms with E-state index in [1.165, 1.54) is 4.90 Å². The Labute approximate surface area is 250 Å². The zero-order chi connectivity index (χ0) is 32.9. The molecular formula is C28H26ClF9N2O4. The highest BCUT2D eigenvalue weighted by molar-refractivity contribution is 6.32. The van der Waals surface area contributed by atoms with E-state index >= 15 is 0 Å². The summed E-state index contributed by atoms with van der Waals surface area (Å²) in [6, 6.07) is 1.06. The van der Waals surface area contributed by atoms with E-state index < -0.39 is 82.7 Å². The third-order valence-electron chi connectivity index (χ3n) is 7.35. The van der Waals surface area contributed by atoms with Crippen molar-refractivity contribution >= 4 is 29.5 Å². The average Bonchev–Trinajstić information content (AvgIpc) is 3.74. The number of halogens is 10. The normalized spacial score (nSPS) is 19.1. The number of carbonyl (C=O) groups excluding carboxylic acids is 2. The van der Waals surface area contributed by atoms with Gasteiger partial charge in [0.2, 0.25) is 0 Å². The fourth-order valence-electron chi connectivity index (χ4n) is 5.33. The Morgan fingerprint density at radius 1 is 0.955 bits per heavy atom. The van der Waals surface area contributed by atoms with Crippen molar-refractivity contribution < 1.29 is 58.6 Å². The molecule has 2 amide bonds. The maximum Gasteiger partial charge on any atom is 0.417 e. The zero-order valence-corrected chi connectivity index (χ0v) is 24.1. The Hall–Kier alpha value is -3.36. The van der Waals surface area contributed by atoms with Crippen molar-refractivity contribution in [2.24, 2.45) is 5.92 Å². The minimum atomic E-state index is -5.31. The fourth-order valence-corrected chi connectivity index (χ4v) is 5.66. The third kappa shape index (κ3) is 6.97. The number of carbonyl (C=O) groups is 2. The van der Waals surface area contributed by atoms with Gasteiger partial charge < -0.3 is 9.47 Å². The lowest BCUT2D eigenvalue weighted by molar-refractivity contribution is -0.143. The van der Waals surface area contributed by atoms with E-state index in [2.05, 4.69) is 0 Å². The summed E-state index contributed by atoms with van der Waals surface area (Å²) >= 11 is 5.49. The van der Waals surface area contributed by atoms with Gasteiger partial charge in [-0.1, -0.05) is 11.6 Å². The highest BCUT2D eigenvalue weighted by Crippen LogP contribution is 2.50. The first-order valence-corrected chi connectivity index (χ1v) is 13.6. The first-order valence-electron chi connectivity index (χ1n) is 13.3. The molecule has 2 aromatic carbocycles. The molecule has 4 rings (SSSR count). The zero-order valence-electron chi connectivity index (χ0n) is 23.3. The molecule has 16 heteroatoms. The summed E-state index contributed by atoms with van der Waals surface area (Å²) in [5.41, 5.74) is -5.69. The molecule has 1 saturated carbocycles. The molecule has 44 heavy (non-hydrogen) atoms. The third-order valence-corrected chi connectivity index (χ3v) is 7.76. The van der Waals surface area contributed by atoms with Crippen LogP contribution in [0.15, 0.2) is 30.3 Å². The van der Waals surface area contributed by atoms with Gasteiger partial charge in [-0.3, -0.25) is 9.80 Å². The Morgan fingerprint density at radius 3 is 1.98 bits per heavy atom. The number of methoxy groups -OCH3 is 1. The van der Waals surface area contributed by atoms with E-state index in [9.17, 15) is 49.1 Å². The summed E-state index contributed by atoms with van der Waals surface area (Å²) in [6.45, 7) is 2.21. The van der Waals surface area contributed by atoms with Crippen LogP contribution in [0, 0.1) is 5.92 Å². The molecule has 0 saturated heterocycles. The van der Waals surface area contributed by atoms with Gasteiger partial charge in [0.25, 0.3) is 0 Å². The van der Waals surface area contributed by atoms with E-state index in [0.29, 0.717) is 31.0 Å². The Bertz CT molecular complexity index is 1390. The summed E-state index contributed by atoms with van der Waals surface area (Å²) in [5.74, 6) is -0.156. The number of anilines is 1. The highest BCUT2D eigenvalue weighted by atomic mass is 35.5. The van der Waals surface area contributed by atoms with Crippen molar-refractivity contribution in [3.8, 4) is 0 Å². The summed E-state index contributed by atoms with van der Waals surface area (Å²) in [6.07, 6.45) is -17.1. The molecule has 1 aliphatic carbocycles. The predicted octanol–water partition coefficient (Wildman–Crippen LogP) is 9.24. The number of nitrogens with zero attached hydrogens (tertiary/aromatic N) is 2. The molecular weight excluding hydrogens is 635 g/mol. The number of alkyl halides is 9. The molecule has 0 spiro atoms. The average molecular weight is 661 g/mol. The van der Waals surface area contributed by atoms with Crippen molar-refractivity contribution in [3.63, 3.8) is 0 Å². The largest absolute Gasteiger partial charge is 0.453 e. The smallest absolute Gasteiger partial charge is 0.417 e. The van der Waals surface area contributed by atoms with Crippen LogP contribution in [-0.2, 0) is 34.5 Å². The Morgan fingerprint density at radius 2 is 1.52 bits per heavy atom. The van der Waals surface area contributed by atoms with Crippen LogP contribution in [0.4, 0.5) is 54.8 Å². The van der Waals surface area contributed by atoms with Crippen molar-refractivity contribution in [1.29, 1.82) is 0 Å². The van der Waals surface area contributed by atoms with E-state index in [-0.39, 0.29) is 23.6 Å². The van der Waals surface area contributed by atoms with Crippen LogP contribution in [0.1, 0.15) is 67.0 Å². The molecule has 1 aliphatic heterocycles. The summed E-state index contributed by atoms with van der Waals surface area (Å²) < 4.78 is 134. The molecule has 1 fully saturated rings. The van der Waals surface area contributed by atoms with Crippen LogP contribution in [-0.4, -0.2) is 36.3 Å². The SMILES string of the molecule is COC(=O)N(Cc1cc(C(F)(F)F)c(Cl)c(C(F)(F)F)c1)[C@@H]1C[C@H](C2CC2)N(C(=O)OC(C)C)c2ccc(C(F)(F)F)cc21. The predicted molar refractivity (Wildman–Crippen MR) is 139 cm³/mol. The monoisotopic (exact) mass is 660 g/mol. The van der Waals surface area contributed by atoms with Gasteiger partial charge in [0.15, 0.2) is 0 Å². The second-order valence-electron chi connectivity index (χ2n) is 10.8. The van der Waals surface area contributed by atoms with Crippen LogP contribution in [0.25, 0.3) is 0 Å². The number of fused-ring (bicyclic) bond motifs is 1. The Kier molecular flexibility index (Phi) is 9.04. The molecule has 1 heterocycles. The van der Waals surface area contributed by atoms with E-state index in [1.54, 1.807) is 13.8 Å². The van der Waals surface area contributed by atoms with E-state index in [1.807, 2.05) is 0 Å². The van der Waals surface area contributed by atoms with Gasteiger partial charge in [0.05, 0.1) is 46.7 Å². The maximum absolute atomic E-state index is 13.8. The van der Waals surface area contributed by atoms with Crippen molar-refractivity contribution in [1.82, 2.24) is 4.90 Å². The van der Waals surface area contributed by atoms with Gasteiger partial charge in [-0.25, -0.2) is 9.59 Å². The molecule has 242 valence electrons. The lowest BCUT2D eigenvalue weighted by Crippen LogP contribution is -2.50. The van der Waals surface area contributed by atoms with Crippen molar-refractivity contribution in [2.45, 2.75) is 76.4 Å². The molecule has 0 radical (unpaired) electrons. The molecule has 0 unspecified atom stereocenters. The first kappa shape index (κ1) is 33.5. The molecule has 0 N–H and O–H groups in total. The second kappa shape index (κ2) is 11.9. The first-order chi connectivity index (χ1) is 20.2. The molecule has 2 atom stereocenters. The lowest BCUT2D eigenvalue weighted by Gasteiger charge is -2.44. The van der Waals surface area contributed by atoms with Gasteiger partial charge in [-0.2, -0.15) is 39.5 Å². The summed E-state index contributed by atoms with van der Waals surface area (Å²) in [7, 11) is 0.903. The number of hydrogen-bond acceptors (Lipinski definition) is 4. The molecule has 0 aromatic heterocycles. The molecule has 0 bridgehead atoms. The Balaban J connectivity index is 1.91. The van der Waals surface area contributed by atoms with Gasteiger partial charge in [0, 0.05) is 12.6 Å². The molecule has 6 nitrogen and oxygen atoms in total. The number of ether oxygens (including phenoxy) is 2. The number of rotatable bonds is 5. The topological polar surface area (TPSA) is 59.1 Å². The van der Waals surface area contributed by atoms with Crippen LogP contribution in [0.5, 0.6) is 0 Å². The van der Waals surface area contributed by atoms with E-state index in [4.69, 9.17) is 21.1 Å². The quantitative estimate of drug-likeness (QED) is 0.300. The second-order valence-corrected chi connectivity index (χ2v) is 11.2. The minimum Gasteiger partial charge on any atom is -0.453 e. The maximum atomic E-state index is 13.8. The van der Waals surface area contributed by atoms with Gasteiger partial charge >= 0.3 is 30.7 Å². The van der Waals surface area contributed by atoms with Crippen LogP contribution < -0.4 is 4.90 Å². The number of amides is 2. The summed E-state index contributed by atoms with van der Waals surface area (Å²) in [4.78, 5) is 28.2. The molecule has 2 aromatic rings. The van der Waals surface area contributed by atoms with Gasteiger partial charge in [-0.05, 0) is 80.5 Å². The lowest BCUT2D eigenvalue weighted by atomic mass is 9.86. The highest BCUT2D eigenvalue weighted by Gasteiger charge is 2.48. The van der Waals surface area contributed by atoms with Gasteiger partial charge in [0.1, 0.15) is 0 Å². The fraction of sp³-hybridized carbons (Fsp3) is 0.500. The van der Waals surface area contributed by atoms with Crippen LogP contribution in [0.2, 0.25) is 5.02 Å². The standard InChI is InChI=1S/C28H26ClF9N2O4/c1-13(2)44-25(42)40-20-7-6-16(26(30,31)32)10-17(20)22(11-21(40)15-4-5-15)39(24(41)43-3)12-14-8-18(27(33,34)35)23(29)19(9-14)28(36,37)38/h6-10,13,15,21-22H,4-5,11-12H2,1-3H3/t21-,22-/m1/s1. The molecule has 2 aliphatic rings. The van der Waals surface area contributed by atoms with E-state index in [0.717, 1.165) is 24.1 Å². The summed E-state index contributed by atoms with van der Waals surface area (Å²) in [5, 5.41) is -1.59. The number of benzene rings is 2. The van der Waals surface area contributed by atoms with Crippen LogP contribution in [0.3, 0.4) is 0 Å². The van der Waals surface area contributed by atoms with Crippen molar-refractivity contribution in [2.75, 3.05) is 12.0 Å². The van der Waals surface area contributed by atoms with Crippen molar-refractivity contribution in [3.05, 3.63) is 63.2 Å². The number of hydrogen-bond donors (Lipinski definition) is 0. The van der Waals surface area contributed by atoms with Crippen LogP contribution >= 0.6 is 11.6 Å².